The quantitative estimate of drug-likeness (QED) is 0.657. The Bertz CT molecular complexity index is 313. The fourth-order valence-corrected chi connectivity index (χ4v) is 6.98. The summed E-state index contributed by atoms with van der Waals surface area (Å²) in [6.45, 7) is 8.88. The molecule has 4 heterocycles. The van der Waals surface area contributed by atoms with E-state index >= 15 is 0 Å². The molecule has 21 heavy (non-hydrogen) atoms. The molecule has 5 heteroatoms. The normalized spacial score (nSPS) is 42.9. The lowest BCUT2D eigenvalue weighted by Gasteiger charge is -2.48. The molecule has 4 atom stereocenters. The van der Waals surface area contributed by atoms with Crippen LogP contribution in [0.2, 0.25) is 0 Å². The SMILES string of the molecule is C1C[NH+]([C@@H]2CC[C@@H]3S[C@H]2CC[C@@H]3[NH+]2CCOCC2)CCO1. The first-order valence-electron chi connectivity index (χ1n) is 8.92. The van der Waals surface area contributed by atoms with Crippen LogP contribution in [-0.4, -0.2) is 75.2 Å². The molecule has 0 spiro atoms. The van der Waals surface area contributed by atoms with Crippen LogP contribution in [0.15, 0.2) is 0 Å². The van der Waals surface area contributed by atoms with Gasteiger partial charge in [0.25, 0.3) is 0 Å². The number of ether oxygens (including phenoxy) is 2. The van der Waals surface area contributed by atoms with Crippen molar-refractivity contribution in [3.05, 3.63) is 0 Å². The van der Waals surface area contributed by atoms with E-state index in [1.54, 1.807) is 0 Å². The zero-order chi connectivity index (χ0) is 14.1. The van der Waals surface area contributed by atoms with Crippen LogP contribution in [0, 0.1) is 0 Å². The molecule has 0 aromatic heterocycles. The van der Waals surface area contributed by atoms with E-state index in [0.29, 0.717) is 0 Å². The van der Waals surface area contributed by atoms with Crippen molar-refractivity contribution < 1.29 is 19.3 Å². The van der Waals surface area contributed by atoms with Gasteiger partial charge < -0.3 is 19.3 Å². The van der Waals surface area contributed by atoms with E-state index in [1.165, 1.54) is 51.9 Å². The third kappa shape index (κ3) is 3.13. The van der Waals surface area contributed by atoms with E-state index in [4.69, 9.17) is 9.47 Å². The van der Waals surface area contributed by atoms with Gasteiger partial charge in [0, 0.05) is 12.8 Å². The van der Waals surface area contributed by atoms with Crippen LogP contribution in [0.25, 0.3) is 0 Å². The van der Waals surface area contributed by atoms with Crippen LogP contribution in [-0.2, 0) is 9.47 Å². The maximum Gasteiger partial charge on any atom is 0.101 e. The molecular weight excluding hydrogens is 284 g/mol. The zero-order valence-corrected chi connectivity index (χ0v) is 13.8. The van der Waals surface area contributed by atoms with Gasteiger partial charge in [0.05, 0.1) is 49.0 Å². The Balaban J connectivity index is 1.37. The zero-order valence-electron chi connectivity index (χ0n) is 13.0. The van der Waals surface area contributed by atoms with E-state index in [9.17, 15) is 0 Å². The number of morpholine rings is 2. The van der Waals surface area contributed by atoms with Gasteiger partial charge in [0.2, 0.25) is 0 Å². The van der Waals surface area contributed by atoms with Crippen molar-refractivity contribution in [2.75, 3.05) is 52.6 Å². The van der Waals surface area contributed by atoms with Crippen LogP contribution in [0.5, 0.6) is 0 Å². The minimum absolute atomic E-state index is 0.913. The maximum atomic E-state index is 5.55. The van der Waals surface area contributed by atoms with E-state index in [1.807, 2.05) is 9.80 Å². The molecule has 0 saturated carbocycles. The molecule has 0 aliphatic carbocycles. The average Bonchev–Trinajstić information content (AvgIpc) is 2.57. The maximum absolute atomic E-state index is 5.55. The van der Waals surface area contributed by atoms with Gasteiger partial charge in [0.1, 0.15) is 26.2 Å². The monoisotopic (exact) mass is 314 g/mol. The second-order valence-electron chi connectivity index (χ2n) is 7.12. The largest absolute Gasteiger partial charge is 0.370 e. The Labute approximate surface area is 132 Å². The molecule has 2 bridgehead atoms. The van der Waals surface area contributed by atoms with Gasteiger partial charge in [-0.1, -0.05) is 0 Å². The first-order valence-corrected chi connectivity index (χ1v) is 9.86. The molecule has 4 aliphatic heterocycles. The molecule has 4 aliphatic rings. The topological polar surface area (TPSA) is 27.3 Å². The molecule has 4 rings (SSSR count). The highest BCUT2D eigenvalue weighted by Crippen LogP contribution is 2.40. The second kappa shape index (κ2) is 6.75. The molecule has 120 valence electrons. The van der Waals surface area contributed by atoms with E-state index in [-0.39, 0.29) is 0 Å². The van der Waals surface area contributed by atoms with Gasteiger partial charge in [-0.3, -0.25) is 0 Å². The van der Waals surface area contributed by atoms with Gasteiger partial charge in [-0.25, -0.2) is 0 Å². The summed E-state index contributed by atoms with van der Waals surface area (Å²) < 4.78 is 11.1. The van der Waals surface area contributed by atoms with Gasteiger partial charge in [-0.15, -0.1) is 11.8 Å². The number of fused-ring (bicyclic) bond motifs is 2. The molecule has 2 N–H and O–H groups in total. The number of nitrogens with one attached hydrogen (secondary N) is 2. The minimum atomic E-state index is 0.913. The first-order chi connectivity index (χ1) is 10.4. The Kier molecular flexibility index (Phi) is 4.74. The summed E-state index contributed by atoms with van der Waals surface area (Å²) in [6, 6.07) is 1.83. The molecule has 4 nitrogen and oxygen atoms in total. The van der Waals surface area contributed by atoms with E-state index in [0.717, 1.165) is 49.0 Å². The number of rotatable bonds is 2. The molecule has 0 unspecified atom stereocenters. The summed E-state index contributed by atoms with van der Waals surface area (Å²) in [6.07, 6.45) is 5.81. The highest BCUT2D eigenvalue weighted by molar-refractivity contribution is 8.00. The lowest BCUT2D eigenvalue weighted by molar-refractivity contribution is -0.938. The Morgan fingerprint density at radius 3 is 1.48 bits per heavy atom. The van der Waals surface area contributed by atoms with E-state index in [2.05, 4.69) is 11.8 Å². The van der Waals surface area contributed by atoms with Crippen molar-refractivity contribution in [3.8, 4) is 0 Å². The van der Waals surface area contributed by atoms with Crippen molar-refractivity contribution in [2.45, 2.75) is 48.3 Å². The molecule has 4 fully saturated rings. The lowest BCUT2D eigenvalue weighted by Crippen LogP contribution is -3.20. The number of hydrogen-bond donors (Lipinski definition) is 2. The number of thioether (sulfide) groups is 1. The fraction of sp³-hybridized carbons (Fsp3) is 1.00. The number of hydrogen-bond acceptors (Lipinski definition) is 3. The van der Waals surface area contributed by atoms with Crippen LogP contribution in [0.1, 0.15) is 25.7 Å². The summed E-state index contributed by atoms with van der Waals surface area (Å²) >= 11 is 2.35. The molecule has 4 saturated heterocycles. The van der Waals surface area contributed by atoms with Crippen LogP contribution < -0.4 is 9.80 Å². The van der Waals surface area contributed by atoms with E-state index < -0.39 is 0 Å². The van der Waals surface area contributed by atoms with Crippen molar-refractivity contribution >= 4 is 11.8 Å². The van der Waals surface area contributed by atoms with Gasteiger partial charge >= 0.3 is 0 Å². The van der Waals surface area contributed by atoms with Crippen molar-refractivity contribution in [2.24, 2.45) is 0 Å². The molecule has 0 aromatic rings. The molecule has 0 amide bonds. The van der Waals surface area contributed by atoms with Gasteiger partial charge in [-0.2, -0.15) is 0 Å². The second-order valence-corrected chi connectivity index (χ2v) is 8.61. The summed E-state index contributed by atoms with van der Waals surface area (Å²) in [7, 11) is 0. The summed E-state index contributed by atoms with van der Waals surface area (Å²) in [5.74, 6) is 0. The molecule has 0 radical (unpaired) electrons. The van der Waals surface area contributed by atoms with Crippen LogP contribution in [0.3, 0.4) is 0 Å². The fourth-order valence-electron chi connectivity index (χ4n) is 4.95. The Hall–Kier alpha value is 0.190. The van der Waals surface area contributed by atoms with Crippen LogP contribution in [0.4, 0.5) is 0 Å². The smallest absolute Gasteiger partial charge is 0.101 e. The lowest BCUT2D eigenvalue weighted by atomic mass is 9.89. The summed E-state index contributed by atoms with van der Waals surface area (Å²) in [4.78, 5) is 3.68. The van der Waals surface area contributed by atoms with Crippen molar-refractivity contribution in [1.29, 1.82) is 0 Å². The molecule has 0 aromatic carbocycles. The predicted octanol–water partition coefficient (Wildman–Crippen LogP) is -1.39. The van der Waals surface area contributed by atoms with Crippen LogP contribution >= 0.6 is 11.8 Å². The minimum Gasteiger partial charge on any atom is -0.370 e. The summed E-state index contributed by atoms with van der Waals surface area (Å²) in [5, 5.41) is 1.85. The van der Waals surface area contributed by atoms with Gasteiger partial charge in [-0.05, 0) is 12.8 Å². The molecular formula is C16H30N2O2S+2. The summed E-state index contributed by atoms with van der Waals surface area (Å²) in [5.41, 5.74) is 0. The Morgan fingerprint density at radius 2 is 1.05 bits per heavy atom. The number of quaternary nitrogens is 2. The standard InChI is InChI=1S/C16H28N2O2S/c1-3-15-14(18-7-11-20-12-8-18)2-4-16(21-15)13(1)17-5-9-19-10-6-17/h13-16H,1-12H2/p+2/t13-,14+,15-,16-/m0/s1. The predicted molar refractivity (Wildman–Crippen MR) is 84.2 cm³/mol. The average molecular weight is 314 g/mol. The van der Waals surface area contributed by atoms with Crippen molar-refractivity contribution in [3.63, 3.8) is 0 Å². The Morgan fingerprint density at radius 1 is 0.619 bits per heavy atom. The third-order valence-corrected chi connectivity index (χ3v) is 7.92. The van der Waals surface area contributed by atoms with Gasteiger partial charge in [0.15, 0.2) is 0 Å². The third-order valence-electron chi connectivity index (χ3n) is 6.09. The highest BCUT2D eigenvalue weighted by atomic mass is 32.2. The highest BCUT2D eigenvalue weighted by Gasteiger charge is 2.47. The first kappa shape index (κ1) is 14.8. The van der Waals surface area contributed by atoms with Crippen molar-refractivity contribution in [1.82, 2.24) is 0 Å².